The van der Waals surface area contributed by atoms with Gasteiger partial charge in [0, 0.05) is 5.69 Å². The Kier molecular flexibility index (Phi) is 5.28. The molecule has 1 amide bonds. The molecular weight excluding hydrogens is 324 g/mol. The van der Waals surface area contributed by atoms with E-state index in [1.165, 1.54) is 18.2 Å². The minimum Gasteiger partial charge on any atom is -0.358 e. The number of amides is 1. The normalized spacial score (nSPS) is 15.2. The van der Waals surface area contributed by atoms with Crippen molar-refractivity contribution in [3.8, 4) is 0 Å². The predicted octanol–water partition coefficient (Wildman–Crippen LogP) is 1.62. The summed E-state index contributed by atoms with van der Waals surface area (Å²) in [6.45, 7) is 5.05. The lowest BCUT2D eigenvalue weighted by Gasteiger charge is -2.33. The number of benzene rings is 2. The maximum Gasteiger partial charge on any atom is 0.279 e. The molecule has 3 rings (SSSR count). The van der Waals surface area contributed by atoms with E-state index in [1.54, 1.807) is 18.2 Å². The number of anilines is 2. The van der Waals surface area contributed by atoms with E-state index in [1.807, 2.05) is 17.9 Å². The first-order valence-electron chi connectivity index (χ1n) is 8.42. The molecule has 132 valence electrons. The lowest BCUT2D eigenvalue weighted by Crippen LogP contribution is -3.15. The number of carbonyl (C=O) groups excluding carboxylic acids is 1. The van der Waals surface area contributed by atoms with E-state index in [0.717, 1.165) is 23.6 Å². The highest BCUT2D eigenvalue weighted by molar-refractivity contribution is 5.92. The summed E-state index contributed by atoms with van der Waals surface area (Å²) in [6, 6.07) is 11.1. The number of carbonyl (C=O) groups is 1. The van der Waals surface area contributed by atoms with Gasteiger partial charge in [0.15, 0.2) is 6.54 Å². The van der Waals surface area contributed by atoms with Crippen LogP contribution in [0.25, 0.3) is 0 Å². The van der Waals surface area contributed by atoms with Crippen molar-refractivity contribution in [3.63, 3.8) is 0 Å². The van der Waals surface area contributed by atoms with Crippen LogP contribution in [0.15, 0.2) is 42.5 Å². The Labute approximate surface area is 146 Å². The molecule has 1 fully saturated rings. The Balaban J connectivity index is 1.53. The number of hydrogen-bond donors (Lipinski definition) is 2. The summed E-state index contributed by atoms with van der Waals surface area (Å²) >= 11 is 0. The van der Waals surface area contributed by atoms with Gasteiger partial charge in [-0.05, 0) is 36.8 Å². The molecule has 0 radical (unpaired) electrons. The molecule has 25 heavy (non-hydrogen) atoms. The SMILES string of the molecule is Cc1ccc(F)cc1NC(=O)C[NH+]1CCN(c2ccccc2F)CC1. The predicted molar refractivity (Wildman–Crippen MR) is 93.9 cm³/mol. The number of quaternary nitrogens is 1. The van der Waals surface area contributed by atoms with Crippen molar-refractivity contribution in [3.05, 3.63) is 59.7 Å². The summed E-state index contributed by atoms with van der Waals surface area (Å²) in [4.78, 5) is 15.4. The van der Waals surface area contributed by atoms with E-state index < -0.39 is 0 Å². The summed E-state index contributed by atoms with van der Waals surface area (Å²) in [6.07, 6.45) is 0. The minimum absolute atomic E-state index is 0.136. The molecule has 2 aromatic rings. The molecule has 0 aromatic heterocycles. The van der Waals surface area contributed by atoms with Crippen molar-refractivity contribution in [1.82, 2.24) is 0 Å². The molecule has 2 N–H and O–H groups in total. The number of rotatable bonds is 4. The maximum atomic E-state index is 13.9. The van der Waals surface area contributed by atoms with E-state index in [0.29, 0.717) is 31.0 Å². The van der Waals surface area contributed by atoms with Crippen LogP contribution in [0, 0.1) is 18.6 Å². The van der Waals surface area contributed by atoms with Gasteiger partial charge >= 0.3 is 0 Å². The van der Waals surface area contributed by atoms with Crippen molar-refractivity contribution >= 4 is 17.3 Å². The van der Waals surface area contributed by atoms with E-state index in [4.69, 9.17) is 0 Å². The van der Waals surface area contributed by atoms with Gasteiger partial charge in [-0.2, -0.15) is 0 Å². The van der Waals surface area contributed by atoms with Gasteiger partial charge in [-0.1, -0.05) is 18.2 Å². The first kappa shape index (κ1) is 17.4. The molecule has 1 saturated heterocycles. The van der Waals surface area contributed by atoms with E-state index >= 15 is 0 Å². The van der Waals surface area contributed by atoms with Gasteiger partial charge in [0.05, 0.1) is 31.9 Å². The summed E-state index contributed by atoms with van der Waals surface area (Å²) in [7, 11) is 0. The van der Waals surface area contributed by atoms with Crippen LogP contribution in [0.5, 0.6) is 0 Å². The second-order valence-corrected chi connectivity index (χ2v) is 6.37. The Bertz CT molecular complexity index is 758. The fraction of sp³-hybridized carbons (Fsp3) is 0.316. The number of piperazine rings is 1. The molecule has 0 bridgehead atoms. The maximum absolute atomic E-state index is 13.9. The van der Waals surface area contributed by atoms with Crippen LogP contribution < -0.4 is 15.1 Å². The molecule has 0 atom stereocenters. The highest BCUT2D eigenvalue weighted by atomic mass is 19.1. The smallest absolute Gasteiger partial charge is 0.279 e. The monoisotopic (exact) mass is 346 g/mol. The largest absolute Gasteiger partial charge is 0.358 e. The number of nitrogens with one attached hydrogen (secondary N) is 2. The standard InChI is InChI=1S/C19H21F2N3O/c1-14-6-7-15(20)12-17(14)22-19(25)13-23-8-10-24(11-9-23)18-5-3-2-4-16(18)21/h2-7,12H,8-11,13H2,1H3,(H,22,25)/p+1. The summed E-state index contributed by atoms with van der Waals surface area (Å²) in [5, 5.41) is 2.78. The Morgan fingerprint density at radius 2 is 1.88 bits per heavy atom. The van der Waals surface area contributed by atoms with Crippen LogP contribution in [-0.4, -0.2) is 38.6 Å². The van der Waals surface area contributed by atoms with Gasteiger partial charge in [0.1, 0.15) is 11.6 Å². The third-order valence-electron chi connectivity index (χ3n) is 4.55. The van der Waals surface area contributed by atoms with Crippen LogP contribution in [-0.2, 0) is 4.79 Å². The average Bonchev–Trinajstić information content (AvgIpc) is 2.59. The molecule has 1 aliphatic rings. The van der Waals surface area contributed by atoms with Gasteiger partial charge in [-0.3, -0.25) is 4.79 Å². The van der Waals surface area contributed by atoms with Crippen molar-refractivity contribution < 1.29 is 18.5 Å². The number of aryl methyl sites for hydroxylation is 1. The van der Waals surface area contributed by atoms with E-state index in [-0.39, 0.29) is 17.5 Å². The highest BCUT2D eigenvalue weighted by Gasteiger charge is 2.23. The minimum atomic E-state index is -0.369. The fourth-order valence-corrected chi connectivity index (χ4v) is 3.10. The molecular formula is C19H22F2N3O+. The topological polar surface area (TPSA) is 36.8 Å². The highest BCUT2D eigenvalue weighted by Crippen LogP contribution is 2.18. The zero-order valence-electron chi connectivity index (χ0n) is 14.2. The third-order valence-corrected chi connectivity index (χ3v) is 4.55. The molecule has 0 aliphatic carbocycles. The number of halogens is 2. The van der Waals surface area contributed by atoms with E-state index in [9.17, 15) is 13.6 Å². The number of nitrogens with zero attached hydrogens (tertiary/aromatic N) is 1. The number of para-hydroxylation sites is 1. The van der Waals surface area contributed by atoms with Crippen LogP contribution in [0.1, 0.15) is 5.56 Å². The quantitative estimate of drug-likeness (QED) is 0.883. The fourth-order valence-electron chi connectivity index (χ4n) is 3.10. The van der Waals surface area contributed by atoms with Gasteiger partial charge < -0.3 is 15.1 Å². The van der Waals surface area contributed by atoms with Gasteiger partial charge in [-0.15, -0.1) is 0 Å². The lowest BCUT2D eigenvalue weighted by atomic mass is 10.2. The van der Waals surface area contributed by atoms with Crippen molar-refractivity contribution in [2.45, 2.75) is 6.92 Å². The zero-order chi connectivity index (χ0) is 17.8. The van der Waals surface area contributed by atoms with Gasteiger partial charge in [0.2, 0.25) is 0 Å². The molecule has 1 heterocycles. The second-order valence-electron chi connectivity index (χ2n) is 6.37. The third kappa shape index (κ3) is 4.33. The Hall–Kier alpha value is -2.47. The Morgan fingerprint density at radius 3 is 2.60 bits per heavy atom. The Morgan fingerprint density at radius 1 is 1.16 bits per heavy atom. The summed E-state index contributed by atoms with van der Waals surface area (Å²) in [5.41, 5.74) is 1.95. The van der Waals surface area contributed by atoms with Crippen LogP contribution in [0.4, 0.5) is 20.2 Å². The van der Waals surface area contributed by atoms with Crippen LogP contribution >= 0.6 is 0 Å². The number of hydrogen-bond acceptors (Lipinski definition) is 2. The zero-order valence-corrected chi connectivity index (χ0v) is 14.2. The molecule has 0 unspecified atom stereocenters. The van der Waals surface area contributed by atoms with Gasteiger partial charge in [0.25, 0.3) is 5.91 Å². The first-order chi connectivity index (χ1) is 12.0. The molecule has 0 spiro atoms. The van der Waals surface area contributed by atoms with Crippen LogP contribution in [0.2, 0.25) is 0 Å². The van der Waals surface area contributed by atoms with E-state index in [2.05, 4.69) is 5.32 Å². The molecule has 4 nitrogen and oxygen atoms in total. The molecule has 1 aliphatic heterocycles. The van der Waals surface area contributed by atoms with Crippen molar-refractivity contribution in [2.75, 3.05) is 42.9 Å². The first-order valence-corrected chi connectivity index (χ1v) is 8.42. The molecule has 6 heteroatoms. The summed E-state index contributed by atoms with van der Waals surface area (Å²) < 4.78 is 27.2. The average molecular weight is 346 g/mol. The lowest BCUT2D eigenvalue weighted by molar-refractivity contribution is -0.892. The molecule has 2 aromatic carbocycles. The van der Waals surface area contributed by atoms with Crippen LogP contribution in [0.3, 0.4) is 0 Å². The van der Waals surface area contributed by atoms with Crippen molar-refractivity contribution in [1.29, 1.82) is 0 Å². The second kappa shape index (κ2) is 7.61. The van der Waals surface area contributed by atoms with Gasteiger partial charge in [-0.25, -0.2) is 8.78 Å². The summed E-state index contributed by atoms with van der Waals surface area (Å²) in [5.74, 6) is -0.722. The van der Waals surface area contributed by atoms with Crippen molar-refractivity contribution in [2.24, 2.45) is 0 Å². The molecule has 0 saturated carbocycles.